The highest BCUT2D eigenvalue weighted by molar-refractivity contribution is 9.10. The third-order valence-electron chi connectivity index (χ3n) is 3.61. The van der Waals surface area contributed by atoms with Gasteiger partial charge in [-0.15, -0.1) is 12.4 Å². The molecular formula is C14H20BrClN2O. The van der Waals surface area contributed by atoms with Gasteiger partial charge in [0.1, 0.15) is 6.04 Å². The van der Waals surface area contributed by atoms with E-state index in [-0.39, 0.29) is 29.9 Å². The van der Waals surface area contributed by atoms with Gasteiger partial charge >= 0.3 is 0 Å². The van der Waals surface area contributed by atoms with Gasteiger partial charge in [0.15, 0.2) is 0 Å². The lowest BCUT2D eigenvalue weighted by Gasteiger charge is -2.40. The molecule has 0 aromatic heterocycles. The summed E-state index contributed by atoms with van der Waals surface area (Å²) < 4.78 is 1.02. The molecule has 1 amide bonds. The van der Waals surface area contributed by atoms with Gasteiger partial charge in [0.25, 0.3) is 0 Å². The van der Waals surface area contributed by atoms with Crippen LogP contribution < -0.4 is 5.32 Å². The number of hydrogen-bond donors (Lipinski definition) is 1. The van der Waals surface area contributed by atoms with E-state index in [1.165, 1.54) is 5.56 Å². The molecule has 1 N–H and O–H groups in total. The van der Waals surface area contributed by atoms with Crippen molar-refractivity contribution in [1.29, 1.82) is 0 Å². The van der Waals surface area contributed by atoms with Crippen molar-refractivity contribution < 1.29 is 4.79 Å². The van der Waals surface area contributed by atoms with Crippen molar-refractivity contribution >= 4 is 34.2 Å². The SMILES string of the molecule is CCN(C)C1C(=O)NC(C)(C)c2ccc(Br)cc21.Cl. The second kappa shape index (κ2) is 5.81. The number of hydrogen-bond acceptors (Lipinski definition) is 2. The minimum atomic E-state index is -0.307. The van der Waals surface area contributed by atoms with Crippen LogP contribution in [0.25, 0.3) is 0 Å². The minimum absolute atomic E-state index is 0. The van der Waals surface area contributed by atoms with Crippen molar-refractivity contribution in [3.63, 3.8) is 0 Å². The van der Waals surface area contributed by atoms with Crippen LogP contribution in [0, 0.1) is 0 Å². The lowest BCUT2D eigenvalue weighted by atomic mass is 9.82. The number of carbonyl (C=O) groups excluding carboxylic acids is 1. The van der Waals surface area contributed by atoms with Crippen LogP contribution in [0.3, 0.4) is 0 Å². The van der Waals surface area contributed by atoms with Crippen molar-refractivity contribution in [3.05, 3.63) is 33.8 Å². The predicted octanol–water partition coefficient (Wildman–Crippen LogP) is 3.23. The molecule has 3 nitrogen and oxygen atoms in total. The summed E-state index contributed by atoms with van der Waals surface area (Å²) in [5.41, 5.74) is 1.98. The first-order chi connectivity index (χ1) is 8.36. The highest BCUT2D eigenvalue weighted by Gasteiger charge is 2.39. The summed E-state index contributed by atoms with van der Waals surface area (Å²) in [7, 11) is 1.98. The van der Waals surface area contributed by atoms with Crippen LogP contribution in [-0.2, 0) is 10.3 Å². The summed E-state index contributed by atoms with van der Waals surface area (Å²) in [6, 6.07) is 5.99. The van der Waals surface area contributed by atoms with Crippen LogP contribution in [0.1, 0.15) is 37.9 Å². The van der Waals surface area contributed by atoms with Gasteiger partial charge in [-0.3, -0.25) is 9.69 Å². The second-order valence-corrected chi connectivity index (χ2v) is 6.24. The summed E-state index contributed by atoms with van der Waals surface area (Å²) in [6.45, 7) is 6.98. The van der Waals surface area contributed by atoms with Crippen molar-refractivity contribution in [2.75, 3.05) is 13.6 Å². The van der Waals surface area contributed by atoms with Crippen molar-refractivity contribution in [2.24, 2.45) is 0 Å². The van der Waals surface area contributed by atoms with Crippen LogP contribution in [0.4, 0.5) is 0 Å². The maximum absolute atomic E-state index is 12.3. The molecule has 0 saturated carbocycles. The highest BCUT2D eigenvalue weighted by Crippen LogP contribution is 2.37. The van der Waals surface area contributed by atoms with E-state index in [1.807, 2.05) is 27.0 Å². The zero-order valence-corrected chi connectivity index (χ0v) is 14.1. The monoisotopic (exact) mass is 346 g/mol. The van der Waals surface area contributed by atoms with Crippen molar-refractivity contribution in [2.45, 2.75) is 32.4 Å². The van der Waals surface area contributed by atoms with Crippen LogP contribution in [-0.4, -0.2) is 24.4 Å². The molecule has 1 aromatic rings. The normalized spacial score (nSPS) is 20.5. The molecule has 106 valence electrons. The second-order valence-electron chi connectivity index (χ2n) is 5.32. The Bertz CT molecular complexity index is 490. The van der Waals surface area contributed by atoms with Gasteiger partial charge in [0.2, 0.25) is 5.91 Å². The van der Waals surface area contributed by atoms with E-state index in [9.17, 15) is 4.79 Å². The van der Waals surface area contributed by atoms with E-state index in [0.717, 1.165) is 16.6 Å². The molecule has 5 heteroatoms. The smallest absolute Gasteiger partial charge is 0.242 e. The standard InChI is InChI=1S/C14H19BrN2O.ClH/c1-5-17(4)12-10-8-9(15)6-7-11(10)14(2,3)16-13(12)18;/h6-8,12H,5H2,1-4H3,(H,16,18);1H. The van der Waals surface area contributed by atoms with Crippen LogP contribution in [0.2, 0.25) is 0 Å². The maximum Gasteiger partial charge on any atom is 0.242 e. The fourth-order valence-electron chi connectivity index (χ4n) is 2.53. The Kier molecular flexibility index (Phi) is 5.04. The maximum atomic E-state index is 12.3. The molecule has 0 saturated heterocycles. The quantitative estimate of drug-likeness (QED) is 0.891. The van der Waals surface area contributed by atoms with E-state index in [2.05, 4.69) is 45.2 Å². The first kappa shape index (κ1) is 16.5. The van der Waals surface area contributed by atoms with Crippen LogP contribution in [0.5, 0.6) is 0 Å². The molecule has 0 fully saturated rings. The summed E-state index contributed by atoms with van der Waals surface area (Å²) in [5.74, 6) is 0.0787. The number of benzene rings is 1. The topological polar surface area (TPSA) is 32.3 Å². The summed E-state index contributed by atoms with van der Waals surface area (Å²) >= 11 is 3.50. The number of likely N-dealkylation sites (N-methyl/N-ethyl adjacent to an activating group) is 1. The molecular weight excluding hydrogens is 328 g/mol. The third-order valence-corrected chi connectivity index (χ3v) is 4.10. The molecule has 0 spiro atoms. The Hall–Kier alpha value is -0.580. The Labute approximate surface area is 129 Å². The molecule has 1 unspecified atom stereocenters. The van der Waals surface area contributed by atoms with Crippen molar-refractivity contribution in [3.8, 4) is 0 Å². The van der Waals surface area contributed by atoms with Crippen LogP contribution in [0.15, 0.2) is 22.7 Å². The van der Waals surface area contributed by atoms with E-state index in [0.29, 0.717) is 0 Å². The summed E-state index contributed by atoms with van der Waals surface area (Å²) in [4.78, 5) is 14.4. The largest absolute Gasteiger partial charge is 0.345 e. The fourth-order valence-corrected chi connectivity index (χ4v) is 2.91. The molecule has 0 aliphatic carbocycles. The van der Waals surface area contributed by atoms with Crippen molar-refractivity contribution in [1.82, 2.24) is 10.2 Å². The van der Waals surface area contributed by atoms with Gasteiger partial charge in [0, 0.05) is 4.47 Å². The number of amides is 1. The highest BCUT2D eigenvalue weighted by atomic mass is 79.9. The summed E-state index contributed by atoms with van der Waals surface area (Å²) in [5, 5.41) is 3.10. The lowest BCUT2D eigenvalue weighted by molar-refractivity contribution is -0.129. The van der Waals surface area contributed by atoms with E-state index in [4.69, 9.17) is 0 Å². The van der Waals surface area contributed by atoms with E-state index < -0.39 is 0 Å². The van der Waals surface area contributed by atoms with Crippen LogP contribution >= 0.6 is 28.3 Å². The molecule has 0 radical (unpaired) electrons. The molecule has 1 heterocycles. The molecule has 1 aliphatic heterocycles. The number of rotatable bonds is 2. The Morgan fingerprint density at radius 2 is 2.05 bits per heavy atom. The Balaban J connectivity index is 0.00000180. The number of fused-ring (bicyclic) bond motifs is 1. The molecule has 2 rings (SSSR count). The number of nitrogens with one attached hydrogen (secondary N) is 1. The van der Waals surface area contributed by atoms with Gasteiger partial charge in [0.05, 0.1) is 5.54 Å². The minimum Gasteiger partial charge on any atom is -0.345 e. The van der Waals surface area contributed by atoms with E-state index >= 15 is 0 Å². The fraction of sp³-hybridized carbons (Fsp3) is 0.500. The van der Waals surface area contributed by atoms with Gasteiger partial charge in [-0.1, -0.05) is 28.9 Å². The predicted molar refractivity (Wildman–Crippen MR) is 83.6 cm³/mol. The zero-order valence-electron chi connectivity index (χ0n) is 11.7. The lowest BCUT2D eigenvalue weighted by Crippen LogP contribution is -2.52. The Morgan fingerprint density at radius 3 is 2.63 bits per heavy atom. The number of nitrogens with zero attached hydrogens (tertiary/aromatic N) is 1. The van der Waals surface area contributed by atoms with E-state index in [1.54, 1.807) is 0 Å². The summed E-state index contributed by atoms with van der Waals surface area (Å²) in [6.07, 6.45) is 0. The number of halogens is 2. The molecule has 0 bridgehead atoms. The molecule has 1 aliphatic rings. The van der Waals surface area contributed by atoms with Gasteiger partial charge < -0.3 is 5.32 Å². The molecule has 1 atom stereocenters. The molecule has 1 aromatic carbocycles. The van der Waals surface area contributed by atoms with Gasteiger partial charge in [-0.2, -0.15) is 0 Å². The zero-order chi connectivity index (χ0) is 13.5. The first-order valence-electron chi connectivity index (χ1n) is 6.19. The molecule has 19 heavy (non-hydrogen) atoms. The third kappa shape index (κ3) is 2.96. The average Bonchev–Trinajstić information content (AvgIpc) is 2.26. The average molecular weight is 348 g/mol. The number of carbonyl (C=O) groups is 1. The van der Waals surface area contributed by atoms with Gasteiger partial charge in [-0.05, 0) is 50.7 Å². The first-order valence-corrected chi connectivity index (χ1v) is 6.98. The van der Waals surface area contributed by atoms with Gasteiger partial charge in [-0.25, -0.2) is 0 Å². The Morgan fingerprint density at radius 1 is 1.42 bits per heavy atom.